The molecule has 59 heavy (non-hydrogen) atoms. The van der Waals surface area contributed by atoms with Gasteiger partial charge in [0.2, 0.25) is 5.75 Å². The van der Waals surface area contributed by atoms with Gasteiger partial charge in [-0.2, -0.15) is 0 Å². The number of methoxy groups -OCH3 is 1. The van der Waals surface area contributed by atoms with E-state index in [0.29, 0.717) is 48.3 Å². The Balaban J connectivity index is 1.26. The molecule has 1 fully saturated rings. The Kier molecular flexibility index (Phi) is 16.9. The van der Waals surface area contributed by atoms with Gasteiger partial charge in [0.15, 0.2) is 29.8 Å². The summed E-state index contributed by atoms with van der Waals surface area (Å²) in [7, 11) is 4.32. The van der Waals surface area contributed by atoms with Crippen molar-refractivity contribution in [3.63, 3.8) is 0 Å². The van der Waals surface area contributed by atoms with Crippen molar-refractivity contribution >= 4 is 21.6 Å². The van der Waals surface area contributed by atoms with E-state index >= 15 is 0 Å². The van der Waals surface area contributed by atoms with Crippen molar-refractivity contribution in [3.8, 4) is 40.6 Å². The number of phenolic OH excluding ortho intramolecular Hbond substituents is 2. The lowest BCUT2D eigenvalue weighted by molar-refractivity contribution is -0.0808. The highest BCUT2D eigenvalue weighted by Crippen LogP contribution is 2.51. The number of hydrogen-bond donors (Lipinski definition) is 8. The summed E-state index contributed by atoms with van der Waals surface area (Å²) in [6.45, 7) is 2.84. The molecule has 1 spiro atoms. The minimum atomic E-state index is -1.06. The molecule has 8 N–H and O–H groups in total. The van der Waals surface area contributed by atoms with E-state index in [-0.39, 0.29) is 65.0 Å². The number of fused-ring (bicyclic) bond motifs is 3. The van der Waals surface area contributed by atoms with E-state index in [4.69, 9.17) is 18.9 Å². The Morgan fingerprint density at radius 1 is 0.949 bits per heavy atom. The molecule has 0 amide bonds. The topological polar surface area (TPSA) is 191 Å². The number of ether oxygens (including phenoxy) is 4. The first-order chi connectivity index (χ1) is 28.6. The average molecular weight is 858 g/mol. The van der Waals surface area contributed by atoms with Gasteiger partial charge < -0.3 is 60.0 Å². The van der Waals surface area contributed by atoms with Gasteiger partial charge in [0.25, 0.3) is 0 Å². The Bertz CT molecular complexity index is 1770. The molecule has 0 saturated heterocycles. The van der Waals surface area contributed by atoms with E-state index in [9.17, 15) is 35.7 Å². The summed E-state index contributed by atoms with van der Waals surface area (Å²) in [5, 5.41) is 78.4. The Labute approximate surface area is 356 Å². The highest BCUT2D eigenvalue weighted by molar-refractivity contribution is 8.76. The summed E-state index contributed by atoms with van der Waals surface area (Å²) >= 11 is 0. The monoisotopic (exact) mass is 857 g/mol. The lowest BCUT2D eigenvalue weighted by Gasteiger charge is -2.46. The molecule has 2 aromatic rings. The molecule has 2 aliphatic carbocycles. The minimum absolute atomic E-state index is 0.00701. The highest BCUT2D eigenvalue weighted by atomic mass is 33.1. The van der Waals surface area contributed by atoms with E-state index in [1.165, 1.54) is 28.7 Å². The van der Waals surface area contributed by atoms with Crippen LogP contribution in [-0.4, -0.2) is 106 Å². The predicted octanol–water partition coefficient (Wildman–Crippen LogP) is 5.62. The predicted molar refractivity (Wildman–Crippen MR) is 230 cm³/mol. The molecule has 14 heteroatoms. The minimum Gasteiger partial charge on any atom is -0.504 e. The molecule has 2 heterocycles. The normalized spacial score (nSPS) is 31.7. The van der Waals surface area contributed by atoms with Crippen molar-refractivity contribution in [3.05, 3.63) is 53.1 Å². The zero-order valence-electron chi connectivity index (χ0n) is 34.3. The molecule has 326 valence electrons. The van der Waals surface area contributed by atoms with Crippen LogP contribution in [0.3, 0.4) is 0 Å². The van der Waals surface area contributed by atoms with E-state index in [1.807, 2.05) is 6.07 Å². The number of allylic oxidation sites excluding steroid dienone is 2. The van der Waals surface area contributed by atoms with Gasteiger partial charge in [-0.15, -0.1) is 5.92 Å². The number of rotatable bonds is 11. The highest BCUT2D eigenvalue weighted by Gasteiger charge is 2.46. The maximum atomic E-state index is 11.7. The number of benzene rings is 2. The molecule has 12 nitrogen and oxygen atoms in total. The number of hydrogen-bond acceptors (Lipinski definition) is 14. The van der Waals surface area contributed by atoms with Crippen molar-refractivity contribution in [1.82, 2.24) is 5.32 Å². The maximum Gasteiger partial charge on any atom is 0.200 e. The number of phenols is 2. The van der Waals surface area contributed by atoms with Crippen LogP contribution in [0.2, 0.25) is 0 Å². The van der Waals surface area contributed by atoms with Crippen molar-refractivity contribution in [2.45, 2.75) is 107 Å². The van der Waals surface area contributed by atoms with Crippen molar-refractivity contribution in [1.29, 1.82) is 0 Å². The van der Waals surface area contributed by atoms with Gasteiger partial charge in [0, 0.05) is 36.5 Å². The summed E-state index contributed by atoms with van der Waals surface area (Å²) < 4.78 is 23.1. The zero-order valence-corrected chi connectivity index (χ0v) is 35.9. The lowest BCUT2D eigenvalue weighted by Crippen LogP contribution is -2.45. The second-order valence-corrected chi connectivity index (χ2v) is 19.3. The molecular weight excluding hydrogens is 795 g/mol. The summed E-state index contributed by atoms with van der Waals surface area (Å²) in [5.41, 5.74) is 2.17. The average Bonchev–Trinajstić information content (AvgIpc) is 3.29. The number of nitrogens with one attached hydrogen (secondary N) is 1. The van der Waals surface area contributed by atoms with Crippen molar-refractivity contribution < 1.29 is 54.7 Å². The summed E-state index contributed by atoms with van der Waals surface area (Å²) in [6, 6.07) is 6.82. The zero-order chi connectivity index (χ0) is 41.9. The van der Waals surface area contributed by atoms with Gasteiger partial charge in [0.1, 0.15) is 6.79 Å². The molecule has 0 aromatic heterocycles. The third-order valence-corrected chi connectivity index (χ3v) is 15.5. The number of aliphatic hydroxyl groups excluding tert-OH is 5. The summed E-state index contributed by atoms with van der Waals surface area (Å²) in [4.78, 5) is 0. The van der Waals surface area contributed by atoms with Crippen LogP contribution < -0.4 is 19.5 Å². The van der Waals surface area contributed by atoms with Crippen LogP contribution in [0.1, 0.15) is 86.7 Å². The first-order valence-electron chi connectivity index (χ1n) is 21.1. The van der Waals surface area contributed by atoms with Crippen LogP contribution >= 0.6 is 21.6 Å². The van der Waals surface area contributed by atoms with Gasteiger partial charge in [-0.1, -0.05) is 46.6 Å². The van der Waals surface area contributed by atoms with Gasteiger partial charge in [0.05, 0.1) is 36.9 Å². The fraction of sp³-hybridized carbons (Fsp3) is 0.644. The van der Waals surface area contributed by atoms with Gasteiger partial charge >= 0.3 is 0 Å². The molecule has 4 aliphatic rings. The third kappa shape index (κ3) is 11.6. The van der Waals surface area contributed by atoms with Crippen LogP contribution in [0.15, 0.2) is 36.4 Å². The van der Waals surface area contributed by atoms with E-state index < -0.39 is 37.8 Å². The van der Waals surface area contributed by atoms with Crippen molar-refractivity contribution in [2.24, 2.45) is 29.1 Å². The second-order valence-electron chi connectivity index (χ2n) is 16.7. The summed E-state index contributed by atoms with van der Waals surface area (Å²) in [5.74, 6) is 8.41. The number of aliphatic hydroxyl groups is 5. The van der Waals surface area contributed by atoms with Gasteiger partial charge in [-0.25, -0.2) is 0 Å². The van der Waals surface area contributed by atoms with Gasteiger partial charge in [-0.3, -0.25) is 0 Å². The van der Waals surface area contributed by atoms with Crippen LogP contribution in [-0.2, 0) is 17.6 Å². The molecule has 2 aliphatic heterocycles. The number of aromatic hydroxyl groups is 2. The molecule has 0 radical (unpaired) electrons. The Hall–Kier alpha value is -2.84. The van der Waals surface area contributed by atoms with Crippen molar-refractivity contribution in [2.75, 3.05) is 46.1 Å². The summed E-state index contributed by atoms with van der Waals surface area (Å²) in [6.07, 6.45) is 9.14. The SMILES string of the molecule is COc1cc(C[C@H]2[C@H](O)C[C@@H](OCO)CCc3cc(O[C@H]4CC[C@@H]5CNCCC#C[C@@]6(C=CC[C@H](C)C6)[C@@H]5C4)c(O)cc3[C@H](CCO)SSC[C@@H]2O)cc(OCO)c1O. The first kappa shape index (κ1) is 45.7. The van der Waals surface area contributed by atoms with E-state index in [2.05, 4.69) is 36.2 Å². The van der Waals surface area contributed by atoms with Gasteiger partial charge in [-0.05, 0) is 129 Å². The van der Waals surface area contributed by atoms with E-state index in [1.54, 1.807) is 18.2 Å². The molecule has 10 atom stereocenters. The van der Waals surface area contributed by atoms with Crippen LogP contribution in [0.5, 0.6) is 28.7 Å². The lowest BCUT2D eigenvalue weighted by atomic mass is 9.59. The fourth-order valence-electron chi connectivity index (χ4n) is 9.67. The molecule has 2 aromatic carbocycles. The van der Waals surface area contributed by atoms with E-state index in [0.717, 1.165) is 62.7 Å². The fourth-order valence-corrected chi connectivity index (χ4v) is 12.6. The molecular formula is C45H63NO11S2. The quantitative estimate of drug-likeness (QED) is 0.0601. The molecule has 6 rings (SSSR count). The maximum absolute atomic E-state index is 11.7. The third-order valence-electron chi connectivity index (χ3n) is 12.6. The van der Waals surface area contributed by atoms with Crippen LogP contribution in [0.25, 0.3) is 0 Å². The molecule has 1 saturated carbocycles. The standard InChI is InChI=1S/C45H63NO11S2/c1-28-6-5-13-45(23-28)12-3-4-14-46-24-31-8-10-33(20-36(31)45)57-40-19-30-7-9-32(55-26-48)21-37(50)35(16-29-17-41(54-2)44(53)42(18-29)56-27-49)39(52)25-58-59-43(11-15-47)34(30)22-38(40)51/h5,13,17-19,22,28,31-33,35-37,39,43,46-53H,4,6-11,14-16,20-21,23-27H2,1-2H3/t28-,31+,32-,33-,35-,36+,37+,39-,43-,45-/m0/s1. The smallest absolute Gasteiger partial charge is 0.200 e. The second kappa shape index (κ2) is 21.8. The Morgan fingerprint density at radius 2 is 1.78 bits per heavy atom. The van der Waals surface area contributed by atoms with Crippen LogP contribution in [0, 0.1) is 40.9 Å². The number of aryl methyl sites for hydroxylation is 1. The van der Waals surface area contributed by atoms with Crippen LogP contribution in [0.4, 0.5) is 0 Å². The largest absolute Gasteiger partial charge is 0.504 e. The Morgan fingerprint density at radius 3 is 2.54 bits per heavy atom. The molecule has 0 unspecified atom stereocenters. The first-order valence-corrected chi connectivity index (χ1v) is 23.5. The molecule has 0 bridgehead atoms.